The molecule has 3 N–H and O–H groups in total. The predicted octanol–water partition coefficient (Wildman–Crippen LogP) is 0.213. The van der Waals surface area contributed by atoms with E-state index >= 15 is 0 Å². The minimum Gasteiger partial charge on any atom is -0.394 e. The average Bonchev–Trinajstić information content (AvgIpc) is 3.23. The smallest absolute Gasteiger partial charge is 0.167 e. The van der Waals surface area contributed by atoms with Crippen molar-refractivity contribution in [3.8, 4) is 0 Å². The Kier molecular flexibility index (Phi) is 4.94. The molecule has 9 nitrogen and oxygen atoms in total. The summed E-state index contributed by atoms with van der Waals surface area (Å²) >= 11 is 0. The Balaban J connectivity index is 1.65. The molecule has 1 aromatic carbocycles. The Bertz CT molecular complexity index is 984. The summed E-state index contributed by atoms with van der Waals surface area (Å²) < 4.78 is 20.5. The summed E-state index contributed by atoms with van der Waals surface area (Å²) in [7, 11) is 1.80. The first-order valence-electron chi connectivity index (χ1n) is 8.75. The number of aromatic nitrogens is 4. The van der Waals surface area contributed by atoms with E-state index < -0.39 is 31.1 Å². The van der Waals surface area contributed by atoms with Gasteiger partial charge in [-0.15, -0.1) is 0 Å². The van der Waals surface area contributed by atoms with Crippen LogP contribution in [-0.2, 0) is 11.3 Å². The second-order valence-corrected chi connectivity index (χ2v) is 6.74. The average molecular weight is 389 g/mol. The number of aliphatic hydroxyl groups excluding tert-OH is 3. The second kappa shape index (κ2) is 7.40. The molecule has 0 saturated carbocycles. The molecule has 2 aromatic heterocycles. The van der Waals surface area contributed by atoms with E-state index in [9.17, 15) is 19.7 Å². The third-order valence-electron chi connectivity index (χ3n) is 4.80. The molecule has 10 heteroatoms. The van der Waals surface area contributed by atoms with Crippen LogP contribution in [0.1, 0.15) is 11.8 Å². The van der Waals surface area contributed by atoms with E-state index in [1.165, 1.54) is 29.4 Å². The summed E-state index contributed by atoms with van der Waals surface area (Å²) in [5.41, 5.74) is 1.65. The third kappa shape index (κ3) is 3.20. The molecule has 1 fully saturated rings. The van der Waals surface area contributed by atoms with Crippen molar-refractivity contribution in [3.05, 3.63) is 48.3 Å². The van der Waals surface area contributed by atoms with Gasteiger partial charge in [-0.05, 0) is 17.7 Å². The zero-order valence-electron chi connectivity index (χ0n) is 15.1. The maximum Gasteiger partial charge on any atom is 0.167 e. The SMILES string of the molecule is CN(Cc1cccc(F)c1)c1ncnc2c1ncn2[C@@H]1O[C@H](CO)[C@@H](O)[C@H]1O. The van der Waals surface area contributed by atoms with Crippen LogP contribution in [0.15, 0.2) is 36.9 Å². The number of hydrogen-bond acceptors (Lipinski definition) is 8. The number of benzene rings is 1. The zero-order valence-corrected chi connectivity index (χ0v) is 15.1. The number of fused-ring (bicyclic) bond motifs is 1. The molecule has 28 heavy (non-hydrogen) atoms. The Labute approximate surface area is 159 Å². The minimum atomic E-state index is -1.24. The number of aliphatic hydroxyl groups is 3. The molecule has 0 radical (unpaired) electrons. The molecule has 0 aliphatic carbocycles. The van der Waals surface area contributed by atoms with E-state index in [2.05, 4.69) is 15.0 Å². The van der Waals surface area contributed by atoms with Gasteiger partial charge in [-0.3, -0.25) is 4.57 Å². The summed E-state index contributed by atoms with van der Waals surface area (Å²) in [4.78, 5) is 14.7. The van der Waals surface area contributed by atoms with Crippen LogP contribution in [0.3, 0.4) is 0 Å². The highest BCUT2D eigenvalue weighted by molar-refractivity contribution is 5.83. The monoisotopic (exact) mass is 389 g/mol. The molecule has 3 heterocycles. The molecule has 1 aliphatic rings. The maximum absolute atomic E-state index is 13.4. The van der Waals surface area contributed by atoms with Crippen LogP contribution in [0.4, 0.5) is 10.2 Å². The van der Waals surface area contributed by atoms with Crippen molar-refractivity contribution in [1.29, 1.82) is 0 Å². The first-order chi connectivity index (χ1) is 13.5. The van der Waals surface area contributed by atoms with E-state index in [1.54, 1.807) is 13.1 Å². The van der Waals surface area contributed by atoms with Gasteiger partial charge in [0.15, 0.2) is 23.2 Å². The molecule has 0 unspecified atom stereocenters. The van der Waals surface area contributed by atoms with Crippen molar-refractivity contribution >= 4 is 17.0 Å². The third-order valence-corrected chi connectivity index (χ3v) is 4.80. The van der Waals surface area contributed by atoms with Gasteiger partial charge in [-0.1, -0.05) is 12.1 Å². The van der Waals surface area contributed by atoms with Gasteiger partial charge in [0.2, 0.25) is 0 Å². The van der Waals surface area contributed by atoms with Gasteiger partial charge in [0, 0.05) is 13.6 Å². The fourth-order valence-corrected chi connectivity index (χ4v) is 3.40. The number of rotatable bonds is 5. The molecular formula is C18H20FN5O4. The van der Waals surface area contributed by atoms with Crippen molar-refractivity contribution in [2.75, 3.05) is 18.6 Å². The number of ether oxygens (including phenoxy) is 1. The first-order valence-corrected chi connectivity index (χ1v) is 8.75. The molecule has 3 aromatic rings. The molecular weight excluding hydrogens is 369 g/mol. The molecule has 148 valence electrons. The zero-order chi connectivity index (χ0) is 19.8. The van der Waals surface area contributed by atoms with Crippen molar-refractivity contribution in [2.24, 2.45) is 0 Å². The summed E-state index contributed by atoms with van der Waals surface area (Å²) in [6.45, 7) is -0.0114. The van der Waals surface area contributed by atoms with Gasteiger partial charge in [-0.25, -0.2) is 19.3 Å². The van der Waals surface area contributed by atoms with Crippen molar-refractivity contribution in [3.63, 3.8) is 0 Å². The maximum atomic E-state index is 13.4. The van der Waals surface area contributed by atoms with Crippen molar-refractivity contribution in [1.82, 2.24) is 19.5 Å². The largest absolute Gasteiger partial charge is 0.394 e. The normalized spacial score (nSPS) is 24.8. The van der Waals surface area contributed by atoms with E-state index in [1.807, 2.05) is 11.0 Å². The standard InChI is InChI=1S/C18H20FN5O4/c1-23(6-10-3-2-4-11(19)5-10)16-13-17(21-8-20-16)24(9-22-13)18-15(27)14(26)12(7-25)28-18/h2-5,8-9,12,14-15,18,25-27H,6-7H2,1H3/t12-,14-,15-,18-/m1/s1. The quantitative estimate of drug-likeness (QED) is 0.567. The van der Waals surface area contributed by atoms with E-state index in [0.29, 0.717) is 23.5 Å². The predicted molar refractivity (Wildman–Crippen MR) is 96.8 cm³/mol. The summed E-state index contributed by atoms with van der Waals surface area (Å²) in [6, 6.07) is 6.29. The van der Waals surface area contributed by atoms with Gasteiger partial charge < -0.3 is 25.0 Å². The van der Waals surface area contributed by atoms with Crippen molar-refractivity contribution < 1.29 is 24.4 Å². The van der Waals surface area contributed by atoms with Gasteiger partial charge in [0.25, 0.3) is 0 Å². The molecule has 1 saturated heterocycles. The number of halogens is 1. The van der Waals surface area contributed by atoms with Crippen LogP contribution < -0.4 is 4.90 Å². The van der Waals surface area contributed by atoms with Gasteiger partial charge in [0.05, 0.1) is 12.9 Å². The highest BCUT2D eigenvalue weighted by atomic mass is 19.1. The van der Waals surface area contributed by atoms with E-state index in [4.69, 9.17) is 4.74 Å². The van der Waals surface area contributed by atoms with Crippen LogP contribution in [-0.4, -0.2) is 66.8 Å². The highest BCUT2D eigenvalue weighted by Crippen LogP contribution is 2.32. The van der Waals surface area contributed by atoms with Crippen molar-refractivity contribution in [2.45, 2.75) is 31.1 Å². The fraction of sp³-hybridized carbons (Fsp3) is 0.389. The van der Waals surface area contributed by atoms with Gasteiger partial charge in [-0.2, -0.15) is 0 Å². The minimum absolute atomic E-state index is 0.313. The summed E-state index contributed by atoms with van der Waals surface area (Å²) in [6.07, 6.45) is -1.48. The van der Waals surface area contributed by atoms with Gasteiger partial charge >= 0.3 is 0 Å². The Morgan fingerprint density at radius 1 is 1.21 bits per heavy atom. The molecule has 4 atom stereocenters. The summed E-state index contributed by atoms with van der Waals surface area (Å²) in [5, 5.41) is 29.5. The number of anilines is 1. The van der Waals surface area contributed by atoms with Gasteiger partial charge in [0.1, 0.15) is 30.5 Å². The molecule has 0 bridgehead atoms. The van der Waals surface area contributed by atoms with Crippen LogP contribution in [0.2, 0.25) is 0 Å². The van der Waals surface area contributed by atoms with E-state index in [-0.39, 0.29) is 5.82 Å². The van der Waals surface area contributed by atoms with Crippen LogP contribution >= 0.6 is 0 Å². The van der Waals surface area contributed by atoms with Crippen LogP contribution in [0, 0.1) is 5.82 Å². The number of imidazole rings is 1. The van der Waals surface area contributed by atoms with E-state index in [0.717, 1.165) is 5.56 Å². The molecule has 4 rings (SSSR count). The first kappa shape index (κ1) is 18.7. The highest BCUT2D eigenvalue weighted by Gasteiger charge is 2.44. The molecule has 1 aliphatic heterocycles. The Morgan fingerprint density at radius 2 is 2.04 bits per heavy atom. The number of nitrogens with zero attached hydrogens (tertiary/aromatic N) is 5. The molecule has 0 amide bonds. The lowest BCUT2D eigenvalue weighted by Crippen LogP contribution is -2.33. The Hall–Kier alpha value is -2.66. The fourth-order valence-electron chi connectivity index (χ4n) is 3.40. The Morgan fingerprint density at radius 3 is 2.75 bits per heavy atom. The second-order valence-electron chi connectivity index (χ2n) is 6.74. The summed E-state index contributed by atoms with van der Waals surface area (Å²) in [5.74, 6) is 0.215. The topological polar surface area (TPSA) is 117 Å². The lowest BCUT2D eigenvalue weighted by Gasteiger charge is -2.19. The van der Waals surface area contributed by atoms with Crippen LogP contribution in [0.25, 0.3) is 11.2 Å². The lowest BCUT2D eigenvalue weighted by molar-refractivity contribution is -0.0511. The molecule has 0 spiro atoms. The lowest BCUT2D eigenvalue weighted by atomic mass is 10.1. The van der Waals surface area contributed by atoms with Crippen LogP contribution in [0.5, 0.6) is 0 Å². The number of hydrogen-bond donors (Lipinski definition) is 3.